The average Bonchev–Trinajstić information content (AvgIpc) is 3.00. The van der Waals surface area contributed by atoms with E-state index in [-0.39, 0.29) is 28.6 Å². The van der Waals surface area contributed by atoms with E-state index in [1.165, 1.54) is 0 Å². The van der Waals surface area contributed by atoms with E-state index in [4.69, 9.17) is 33.2 Å². The highest BCUT2D eigenvalue weighted by atomic mass is 35.5. The number of hydrogen-bond donors (Lipinski definition) is 0. The van der Waals surface area contributed by atoms with Crippen molar-refractivity contribution in [3.05, 3.63) is 57.3 Å². The van der Waals surface area contributed by atoms with Crippen LogP contribution in [0, 0.1) is 34.0 Å². The molecule has 1 aromatic carbocycles. The number of halogens is 2. The Bertz CT molecular complexity index is 1070. The molecule has 4 nitrogen and oxygen atoms in total. The number of pyridine rings is 1. The molecule has 162 valence electrons. The topological polar surface area (TPSA) is 63.0 Å². The predicted molar refractivity (Wildman–Crippen MR) is 122 cm³/mol. The summed E-state index contributed by atoms with van der Waals surface area (Å²) < 4.78 is 6.36. The average molecular weight is 457 g/mol. The fourth-order valence-corrected chi connectivity index (χ4v) is 6.41. The Morgan fingerprint density at radius 2 is 1.84 bits per heavy atom. The molecule has 0 aliphatic heterocycles. The first-order valence-electron chi connectivity index (χ1n) is 10.6. The van der Waals surface area contributed by atoms with Crippen LogP contribution in [0.1, 0.15) is 62.2 Å². The Kier molecular flexibility index (Phi) is 5.56. The Balaban J connectivity index is 1.43. The molecule has 0 N–H and O–H groups in total. The molecule has 31 heavy (non-hydrogen) atoms. The number of nitriles is 1. The van der Waals surface area contributed by atoms with Gasteiger partial charge in [-0.25, -0.2) is 4.98 Å². The lowest BCUT2D eigenvalue weighted by atomic mass is 9.44. The van der Waals surface area contributed by atoms with Gasteiger partial charge in [-0.3, -0.25) is 4.79 Å². The maximum atomic E-state index is 12.8. The number of ketones is 1. The van der Waals surface area contributed by atoms with E-state index in [9.17, 15) is 4.79 Å². The summed E-state index contributed by atoms with van der Waals surface area (Å²) in [4.78, 5) is 17.1. The fraction of sp³-hybridized carbons (Fsp3) is 0.480. The van der Waals surface area contributed by atoms with Gasteiger partial charge in [0, 0.05) is 34.8 Å². The minimum atomic E-state index is -0.0556. The minimum Gasteiger partial charge on any atom is -0.489 e. The third kappa shape index (κ3) is 3.73. The number of nitrogens with zero attached hydrogens (tertiary/aromatic N) is 2. The molecule has 1 atom stereocenters. The molecule has 1 aromatic heterocycles. The van der Waals surface area contributed by atoms with E-state index in [2.05, 4.69) is 38.7 Å². The number of ether oxygens (including phenoxy) is 1. The summed E-state index contributed by atoms with van der Waals surface area (Å²) in [6, 6.07) is 10.8. The predicted octanol–water partition coefficient (Wildman–Crippen LogP) is 6.53. The maximum absolute atomic E-state index is 12.8. The van der Waals surface area contributed by atoms with Gasteiger partial charge in [0.2, 0.25) is 0 Å². The minimum absolute atomic E-state index is 0.00551. The summed E-state index contributed by atoms with van der Waals surface area (Å²) >= 11 is 12.2. The summed E-state index contributed by atoms with van der Waals surface area (Å²) in [5.74, 6) is 1.25. The number of aromatic nitrogens is 1. The quantitative estimate of drug-likeness (QED) is 0.479. The van der Waals surface area contributed by atoms with Crippen molar-refractivity contribution in [2.75, 3.05) is 0 Å². The van der Waals surface area contributed by atoms with E-state index >= 15 is 0 Å². The van der Waals surface area contributed by atoms with Crippen molar-refractivity contribution in [2.24, 2.45) is 22.7 Å². The van der Waals surface area contributed by atoms with Crippen LogP contribution in [0.15, 0.2) is 30.3 Å². The molecular weight excluding hydrogens is 431 g/mol. The van der Waals surface area contributed by atoms with Gasteiger partial charge in [-0.15, -0.1) is 0 Å². The van der Waals surface area contributed by atoms with E-state index in [1.807, 2.05) is 0 Å². The Morgan fingerprint density at radius 3 is 2.48 bits per heavy atom. The smallest absolute Gasteiger partial charge is 0.168 e. The van der Waals surface area contributed by atoms with E-state index in [0.717, 1.165) is 24.1 Å². The summed E-state index contributed by atoms with van der Waals surface area (Å²) in [5, 5.41) is 9.92. The number of hydrogen-bond acceptors (Lipinski definition) is 4. The summed E-state index contributed by atoms with van der Waals surface area (Å²) in [5.41, 5.74) is 1.88. The SMILES string of the molecule is CC1(C)C(CCC2Cc3nc(Cl)ccc3C2=O)C(C)(C)C1Oc1ccc(C#N)c(Cl)c1. The summed E-state index contributed by atoms with van der Waals surface area (Å²) in [6.45, 7) is 8.91. The van der Waals surface area contributed by atoms with Gasteiger partial charge in [0.25, 0.3) is 0 Å². The van der Waals surface area contributed by atoms with Crippen LogP contribution >= 0.6 is 23.2 Å². The number of benzene rings is 1. The number of fused-ring (bicyclic) bond motifs is 1. The lowest BCUT2D eigenvalue weighted by molar-refractivity contribution is -0.201. The van der Waals surface area contributed by atoms with Crippen molar-refractivity contribution >= 4 is 29.0 Å². The van der Waals surface area contributed by atoms with E-state index in [1.54, 1.807) is 30.3 Å². The normalized spacial score (nSPS) is 25.5. The first-order chi connectivity index (χ1) is 14.6. The van der Waals surface area contributed by atoms with Crippen LogP contribution in [-0.2, 0) is 6.42 Å². The zero-order valence-corrected chi connectivity index (χ0v) is 19.7. The van der Waals surface area contributed by atoms with Crippen molar-refractivity contribution in [1.82, 2.24) is 4.98 Å². The molecule has 1 fully saturated rings. The van der Waals surface area contributed by atoms with E-state index in [0.29, 0.717) is 33.8 Å². The Hall–Kier alpha value is -2.09. The van der Waals surface area contributed by atoms with Gasteiger partial charge in [-0.1, -0.05) is 50.9 Å². The highest BCUT2D eigenvalue weighted by Crippen LogP contribution is 2.62. The Labute approximate surface area is 193 Å². The second-order valence-electron chi connectivity index (χ2n) is 9.92. The number of Topliss-reactive ketones (excluding diaryl/α,β-unsaturated/α-hetero) is 1. The van der Waals surface area contributed by atoms with Crippen molar-refractivity contribution < 1.29 is 9.53 Å². The molecule has 0 spiro atoms. The number of carbonyl (C=O) groups is 1. The molecule has 1 heterocycles. The molecule has 2 aliphatic carbocycles. The maximum Gasteiger partial charge on any atom is 0.168 e. The first kappa shape index (κ1) is 22.1. The first-order valence-corrected chi connectivity index (χ1v) is 11.4. The lowest BCUT2D eigenvalue weighted by Gasteiger charge is -2.63. The van der Waals surface area contributed by atoms with Gasteiger partial charge in [0.15, 0.2) is 5.78 Å². The molecule has 0 radical (unpaired) electrons. The van der Waals surface area contributed by atoms with Gasteiger partial charge >= 0.3 is 0 Å². The van der Waals surface area contributed by atoms with Crippen molar-refractivity contribution in [3.8, 4) is 11.8 Å². The monoisotopic (exact) mass is 456 g/mol. The summed E-state index contributed by atoms with van der Waals surface area (Å²) in [7, 11) is 0. The molecule has 0 bridgehead atoms. The molecule has 2 aromatic rings. The van der Waals surface area contributed by atoms with Crippen LogP contribution in [-0.4, -0.2) is 16.9 Å². The molecule has 2 aliphatic rings. The van der Waals surface area contributed by atoms with Gasteiger partial charge in [0.05, 0.1) is 16.3 Å². The van der Waals surface area contributed by atoms with Crippen molar-refractivity contribution in [1.29, 1.82) is 5.26 Å². The van der Waals surface area contributed by atoms with Crippen LogP contribution in [0.5, 0.6) is 5.75 Å². The summed E-state index contributed by atoms with van der Waals surface area (Å²) in [6.07, 6.45) is 2.46. The Morgan fingerprint density at radius 1 is 1.13 bits per heavy atom. The van der Waals surface area contributed by atoms with Crippen molar-refractivity contribution in [3.63, 3.8) is 0 Å². The van der Waals surface area contributed by atoms with E-state index < -0.39 is 0 Å². The van der Waals surface area contributed by atoms with Crippen LogP contribution in [0.4, 0.5) is 0 Å². The second kappa shape index (κ2) is 7.80. The zero-order valence-electron chi connectivity index (χ0n) is 18.2. The molecule has 4 rings (SSSR count). The molecule has 6 heteroatoms. The lowest BCUT2D eigenvalue weighted by Crippen LogP contribution is -2.65. The molecule has 1 saturated carbocycles. The van der Waals surface area contributed by atoms with Crippen LogP contribution in [0.2, 0.25) is 10.2 Å². The van der Waals surface area contributed by atoms with Crippen LogP contribution in [0.3, 0.4) is 0 Å². The third-order valence-corrected chi connectivity index (χ3v) is 7.81. The van der Waals surface area contributed by atoms with Crippen LogP contribution < -0.4 is 4.74 Å². The molecule has 0 amide bonds. The molecule has 0 saturated heterocycles. The standard InChI is InChI=1S/C25H26Cl2N2O2/c1-24(2)20(9-6-14-11-19-17(22(14)30)8-10-21(27)29-19)25(3,4)23(24)31-16-7-5-15(13-28)18(26)12-16/h5,7-8,10,12,14,20,23H,6,9,11H2,1-4H3. The third-order valence-electron chi connectivity index (χ3n) is 7.28. The second-order valence-corrected chi connectivity index (χ2v) is 10.7. The fourth-order valence-electron chi connectivity index (χ4n) is 6.03. The zero-order chi connectivity index (χ0) is 22.6. The number of carbonyl (C=O) groups excluding carboxylic acids is 1. The largest absolute Gasteiger partial charge is 0.489 e. The van der Waals surface area contributed by atoms with Crippen LogP contribution in [0.25, 0.3) is 0 Å². The van der Waals surface area contributed by atoms with Gasteiger partial charge < -0.3 is 4.74 Å². The molecule has 1 unspecified atom stereocenters. The number of rotatable bonds is 5. The van der Waals surface area contributed by atoms with Gasteiger partial charge in [-0.05, 0) is 43.0 Å². The van der Waals surface area contributed by atoms with Crippen molar-refractivity contribution in [2.45, 2.75) is 53.1 Å². The van der Waals surface area contributed by atoms with Gasteiger partial charge in [-0.2, -0.15) is 5.26 Å². The molecular formula is C25H26Cl2N2O2. The van der Waals surface area contributed by atoms with Gasteiger partial charge in [0.1, 0.15) is 23.1 Å². The highest BCUT2D eigenvalue weighted by Gasteiger charge is 2.62. The highest BCUT2D eigenvalue weighted by molar-refractivity contribution is 6.31.